The molecule has 1 N–H and O–H groups in total. The van der Waals surface area contributed by atoms with Crippen molar-refractivity contribution in [3.05, 3.63) is 30.5 Å². The zero-order valence-corrected chi connectivity index (χ0v) is 16.9. The summed E-state index contributed by atoms with van der Waals surface area (Å²) in [5, 5.41) is 4.65. The SMILES string of the molecule is COc1cc(NCCN(CCC(C)C)C(C)C)c2ncccc2c1.Cl. The van der Waals surface area contributed by atoms with Gasteiger partial charge in [-0.2, -0.15) is 0 Å². The molecule has 0 fully saturated rings. The number of hydrogen-bond acceptors (Lipinski definition) is 4. The molecule has 0 aliphatic heterocycles. The van der Waals surface area contributed by atoms with Crippen LogP contribution in [0.3, 0.4) is 0 Å². The van der Waals surface area contributed by atoms with Gasteiger partial charge in [-0.3, -0.25) is 9.88 Å². The summed E-state index contributed by atoms with van der Waals surface area (Å²) in [4.78, 5) is 7.05. The highest BCUT2D eigenvalue weighted by atomic mass is 35.5. The highest BCUT2D eigenvalue weighted by Crippen LogP contribution is 2.27. The van der Waals surface area contributed by atoms with Crippen molar-refractivity contribution in [1.82, 2.24) is 9.88 Å². The van der Waals surface area contributed by atoms with Gasteiger partial charge in [-0.05, 0) is 44.9 Å². The molecule has 0 saturated carbocycles. The van der Waals surface area contributed by atoms with E-state index >= 15 is 0 Å². The summed E-state index contributed by atoms with van der Waals surface area (Å²) < 4.78 is 5.42. The number of anilines is 1. The summed E-state index contributed by atoms with van der Waals surface area (Å²) in [5.74, 6) is 1.60. The number of benzene rings is 1. The largest absolute Gasteiger partial charge is 0.497 e. The fourth-order valence-electron chi connectivity index (χ4n) is 2.80. The van der Waals surface area contributed by atoms with Crippen LogP contribution in [0.1, 0.15) is 34.1 Å². The lowest BCUT2D eigenvalue weighted by Gasteiger charge is -2.27. The Morgan fingerprint density at radius 2 is 1.92 bits per heavy atom. The number of fused-ring (bicyclic) bond motifs is 1. The molecule has 4 nitrogen and oxygen atoms in total. The van der Waals surface area contributed by atoms with Crippen molar-refractivity contribution < 1.29 is 4.74 Å². The van der Waals surface area contributed by atoms with Crippen LogP contribution in [0, 0.1) is 5.92 Å². The molecule has 0 bridgehead atoms. The van der Waals surface area contributed by atoms with Crippen LogP contribution < -0.4 is 10.1 Å². The monoisotopic (exact) mass is 365 g/mol. The first kappa shape index (κ1) is 21.5. The zero-order chi connectivity index (χ0) is 17.5. The number of aromatic nitrogens is 1. The number of nitrogens with one attached hydrogen (secondary N) is 1. The molecule has 1 aromatic heterocycles. The molecule has 2 rings (SSSR count). The normalized spacial score (nSPS) is 11.2. The lowest BCUT2D eigenvalue weighted by atomic mass is 10.1. The Kier molecular flexibility index (Phi) is 9.01. The summed E-state index contributed by atoms with van der Waals surface area (Å²) in [6, 6.07) is 8.64. The molecule has 0 atom stereocenters. The molecule has 0 amide bonds. The van der Waals surface area contributed by atoms with Crippen molar-refractivity contribution in [2.24, 2.45) is 5.92 Å². The Bertz CT molecular complexity index is 646. The number of pyridine rings is 1. The molecule has 0 aliphatic rings. The van der Waals surface area contributed by atoms with Gasteiger partial charge in [0, 0.05) is 36.8 Å². The van der Waals surface area contributed by atoms with Gasteiger partial charge in [0.05, 0.1) is 18.3 Å². The van der Waals surface area contributed by atoms with Gasteiger partial charge >= 0.3 is 0 Å². The first-order chi connectivity index (χ1) is 11.5. The van der Waals surface area contributed by atoms with E-state index in [1.807, 2.05) is 24.4 Å². The summed E-state index contributed by atoms with van der Waals surface area (Å²) in [6.45, 7) is 12.2. The molecular formula is C20H32ClN3O. The summed E-state index contributed by atoms with van der Waals surface area (Å²) in [6.07, 6.45) is 3.07. The minimum Gasteiger partial charge on any atom is -0.497 e. The Labute approximate surface area is 158 Å². The topological polar surface area (TPSA) is 37.4 Å². The number of hydrogen-bond donors (Lipinski definition) is 1. The second kappa shape index (κ2) is 10.5. The van der Waals surface area contributed by atoms with Crippen molar-refractivity contribution >= 4 is 29.0 Å². The van der Waals surface area contributed by atoms with Gasteiger partial charge in [0.15, 0.2) is 0 Å². The van der Waals surface area contributed by atoms with Gasteiger partial charge in [-0.25, -0.2) is 0 Å². The molecule has 0 spiro atoms. The first-order valence-electron chi connectivity index (χ1n) is 8.92. The van der Waals surface area contributed by atoms with Crippen LogP contribution in [0.25, 0.3) is 10.9 Å². The highest BCUT2D eigenvalue weighted by molar-refractivity contribution is 5.91. The summed E-state index contributed by atoms with van der Waals surface area (Å²) in [5.41, 5.74) is 2.04. The fraction of sp³-hybridized carbons (Fsp3) is 0.550. The third kappa shape index (κ3) is 6.37. The van der Waals surface area contributed by atoms with Crippen LogP contribution in [0.2, 0.25) is 0 Å². The van der Waals surface area contributed by atoms with Crippen LogP contribution in [0.5, 0.6) is 5.75 Å². The average Bonchev–Trinajstić information content (AvgIpc) is 2.56. The summed E-state index contributed by atoms with van der Waals surface area (Å²) in [7, 11) is 1.70. The maximum atomic E-state index is 5.42. The minimum absolute atomic E-state index is 0. The first-order valence-corrected chi connectivity index (χ1v) is 8.92. The van der Waals surface area contributed by atoms with E-state index in [9.17, 15) is 0 Å². The second-order valence-electron chi connectivity index (χ2n) is 6.99. The maximum Gasteiger partial charge on any atom is 0.121 e. The van der Waals surface area contributed by atoms with Crippen molar-refractivity contribution in [3.63, 3.8) is 0 Å². The standard InChI is InChI=1S/C20H31N3O.ClH/c1-15(2)8-11-23(16(3)4)12-10-21-19-14-18(24-5)13-17-7-6-9-22-20(17)19;/h6-7,9,13-16,21H,8,10-12H2,1-5H3;1H. The van der Waals surface area contributed by atoms with Gasteiger partial charge in [-0.1, -0.05) is 19.9 Å². The average molecular weight is 366 g/mol. The van der Waals surface area contributed by atoms with E-state index in [0.717, 1.165) is 47.9 Å². The molecule has 5 heteroatoms. The van der Waals surface area contributed by atoms with E-state index in [1.165, 1.54) is 6.42 Å². The third-order valence-corrected chi connectivity index (χ3v) is 4.35. The van der Waals surface area contributed by atoms with Crippen molar-refractivity contribution in [2.45, 2.75) is 40.2 Å². The van der Waals surface area contributed by atoms with Gasteiger partial charge in [0.2, 0.25) is 0 Å². The molecule has 0 radical (unpaired) electrons. The molecule has 25 heavy (non-hydrogen) atoms. The van der Waals surface area contributed by atoms with Crippen LogP contribution in [0.4, 0.5) is 5.69 Å². The van der Waals surface area contributed by atoms with Crippen LogP contribution in [-0.4, -0.2) is 42.7 Å². The number of ether oxygens (including phenoxy) is 1. The fourth-order valence-corrected chi connectivity index (χ4v) is 2.80. The predicted octanol–water partition coefficient (Wildman–Crippen LogP) is 4.83. The quantitative estimate of drug-likeness (QED) is 0.690. The Balaban J connectivity index is 0.00000312. The van der Waals surface area contributed by atoms with E-state index in [-0.39, 0.29) is 12.4 Å². The number of rotatable bonds is 9. The van der Waals surface area contributed by atoms with Crippen LogP contribution >= 0.6 is 12.4 Å². The Morgan fingerprint density at radius 3 is 2.56 bits per heavy atom. The van der Waals surface area contributed by atoms with E-state index in [0.29, 0.717) is 6.04 Å². The molecule has 2 aromatic rings. The molecular weight excluding hydrogens is 334 g/mol. The van der Waals surface area contributed by atoms with Gasteiger partial charge < -0.3 is 10.1 Å². The Morgan fingerprint density at radius 1 is 1.16 bits per heavy atom. The molecule has 0 unspecified atom stereocenters. The zero-order valence-electron chi connectivity index (χ0n) is 16.1. The molecule has 1 heterocycles. The number of halogens is 1. The highest BCUT2D eigenvalue weighted by Gasteiger charge is 2.11. The second-order valence-corrected chi connectivity index (χ2v) is 6.99. The third-order valence-electron chi connectivity index (χ3n) is 4.35. The van der Waals surface area contributed by atoms with E-state index < -0.39 is 0 Å². The smallest absolute Gasteiger partial charge is 0.121 e. The van der Waals surface area contributed by atoms with E-state index in [4.69, 9.17) is 4.74 Å². The van der Waals surface area contributed by atoms with Crippen LogP contribution in [-0.2, 0) is 0 Å². The molecule has 1 aromatic carbocycles. The predicted molar refractivity (Wildman–Crippen MR) is 110 cm³/mol. The van der Waals surface area contributed by atoms with Crippen LogP contribution in [0.15, 0.2) is 30.5 Å². The van der Waals surface area contributed by atoms with Crippen molar-refractivity contribution in [1.29, 1.82) is 0 Å². The van der Waals surface area contributed by atoms with E-state index in [1.54, 1.807) is 7.11 Å². The number of methoxy groups -OCH3 is 1. The molecule has 0 saturated heterocycles. The van der Waals surface area contributed by atoms with Gasteiger partial charge in [-0.15, -0.1) is 12.4 Å². The Hall–Kier alpha value is -1.52. The number of nitrogens with zero attached hydrogens (tertiary/aromatic N) is 2. The molecule has 0 aliphatic carbocycles. The minimum atomic E-state index is 0. The lowest BCUT2D eigenvalue weighted by molar-refractivity contribution is 0.217. The lowest BCUT2D eigenvalue weighted by Crippen LogP contribution is -2.36. The van der Waals surface area contributed by atoms with Crippen molar-refractivity contribution in [3.8, 4) is 5.75 Å². The molecule has 140 valence electrons. The summed E-state index contributed by atoms with van der Waals surface area (Å²) >= 11 is 0. The van der Waals surface area contributed by atoms with E-state index in [2.05, 4.69) is 49.0 Å². The van der Waals surface area contributed by atoms with Gasteiger partial charge in [0.25, 0.3) is 0 Å². The van der Waals surface area contributed by atoms with Crippen molar-refractivity contribution in [2.75, 3.05) is 32.1 Å². The maximum absolute atomic E-state index is 5.42. The van der Waals surface area contributed by atoms with Gasteiger partial charge in [0.1, 0.15) is 5.75 Å².